The molecule has 0 bridgehead atoms. The highest BCUT2D eigenvalue weighted by molar-refractivity contribution is 7.10. The Balaban J connectivity index is 1.74. The van der Waals surface area contributed by atoms with Crippen LogP contribution in [-0.2, 0) is 4.74 Å². The molecule has 2 aliphatic rings. The van der Waals surface area contributed by atoms with E-state index < -0.39 is 0 Å². The number of hydrogen-bond donors (Lipinski definition) is 1. The lowest BCUT2D eigenvalue weighted by Gasteiger charge is -2.39. The molecular weight excluding hydrogens is 244 g/mol. The zero-order valence-corrected chi connectivity index (χ0v) is 12.0. The van der Waals surface area contributed by atoms with Crippen LogP contribution in [0.4, 0.5) is 0 Å². The monoisotopic (exact) mass is 266 g/mol. The van der Waals surface area contributed by atoms with Crippen LogP contribution in [0, 0.1) is 6.92 Å². The van der Waals surface area contributed by atoms with Crippen LogP contribution in [0.25, 0.3) is 0 Å². The first-order valence-corrected chi connectivity index (χ1v) is 7.74. The fourth-order valence-electron chi connectivity index (χ4n) is 3.30. The second-order valence-electron chi connectivity index (χ2n) is 5.36. The maximum atomic E-state index is 6.12. The molecule has 100 valence electrons. The second-order valence-corrected chi connectivity index (χ2v) is 6.48. The number of fused-ring (bicyclic) bond motifs is 1. The zero-order chi connectivity index (χ0) is 12.5. The summed E-state index contributed by atoms with van der Waals surface area (Å²) in [5.41, 5.74) is 1.41. The van der Waals surface area contributed by atoms with Crippen molar-refractivity contribution in [3.8, 4) is 0 Å². The van der Waals surface area contributed by atoms with Gasteiger partial charge in [-0.25, -0.2) is 0 Å². The van der Waals surface area contributed by atoms with Gasteiger partial charge in [0.15, 0.2) is 0 Å². The topological polar surface area (TPSA) is 24.5 Å². The SMILES string of the molecule is CNC(c1ccsc1C)C1CN2CCCC2CO1. The van der Waals surface area contributed by atoms with Crippen molar-refractivity contribution in [2.75, 3.05) is 26.7 Å². The molecule has 3 rings (SSSR count). The van der Waals surface area contributed by atoms with E-state index in [1.54, 1.807) is 0 Å². The first-order chi connectivity index (χ1) is 8.79. The molecule has 0 amide bonds. The average molecular weight is 266 g/mol. The summed E-state index contributed by atoms with van der Waals surface area (Å²) >= 11 is 1.82. The van der Waals surface area contributed by atoms with Crippen LogP contribution in [0.15, 0.2) is 11.4 Å². The van der Waals surface area contributed by atoms with E-state index in [4.69, 9.17) is 4.74 Å². The summed E-state index contributed by atoms with van der Waals surface area (Å²) in [6.45, 7) is 5.44. The summed E-state index contributed by atoms with van der Waals surface area (Å²) in [4.78, 5) is 4.02. The number of ether oxygens (including phenoxy) is 1. The molecule has 0 radical (unpaired) electrons. The average Bonchev–Trinajstić information content (AvgIpc) is 2.99. The quantitative estimate of drug-likeness (QED) is 0.907. The van der Waals surface area contributed by atoms with Crippen LogP contribution in [0.1, 0.15) is 29.3 Å². The van der Waals surface area contributed by atoms with Crippen molar-refractivity contribution in [1.82, 2.24) is 10.2 Å². The lowest BCUT2D eigenvalue weighted by atomic mass is 10.0. The molecule has 3 nitrogen and oxygen atoms in total. The van der Waals surface area contributed by atoms with E-state index in [9.17, 15) is 0 Å². The summed E-state index contributed by atoms with van der Waals surface area (Å²) in [5, 5.41) is 5.63. The predicted molar refractivity (Wildman–Crippen MR) is 75.2 cm³/mol. The van der Waals surface area contributed by atoms with Gasteiger partial charge < -0.3 is 10.1 Å². The van der Waals surface area contributed by atoms with Gasteiger partial charge in [-0.3, -0.25) is 4.90 Å². The number of hydrogen-bond acceptors (Lipinski definition) is 4. The Hall–Kier alpha value is -0.420. The van der Waals surface area contributed by atoms with Crippen LogP contribution in [0.3, 0.4) is 0 Å². The lowest BCUT2D eigenvalue weighted by Crippen LogP contribution is -2.50. The summed E-state index contributed by atoms with van der Waals surface area (Å²) in [6, 6.07) is 3.25. The zero-order valence-electron chi connectivity index (χ0n) is 11.2. The molecule has 2 saturated heterocycles. The van der Waals surface area contributed by atoms with E-state index in [1.165, 1.54) is 29.8 Å². The fraction of sp³-hybridized carbons (Fsp3) is 0.714. The molecule has 2 aliphatic heterocycles. The van der Waals surface area contributed by atoms with Crippen LogP contribution < -0.4 is 5.32 Å². The van der Waals surface area contributed by atoms with Gasteiger partial charge >= 0.3 is 0 Å². The molecule has 1 aromatic heterocycles. The predicted octanol–water partition coefficient (Wildman–Crippen LogP) is 2.18. The van der Waals surface area contributed by atoms with Gasteiger partial charge in [-0.2, -0.15) is 0 Å². The molecule has 3 atom stereocenters. The number of nitrogens with zero attached hydrogens (tertiary/aromatic N) is 1. The summed E-state index contributed by atoms with van der Waals surface area (Å²) in [5.74, 6) is 0. The van der Waals surface area contributed by atoms with Crippen molar-refractivity contribution in [2.45, 2.75) is 38.0 Å². The molecule has 0 saturated carbocycles. The Morgan fingerprint density at radius 2 is 2.44 bits per heavy atom. The number of likely N-dealkylation sites (N-methyl/N-ethyl adjacent to an activating group) is 1. The molecule has 18 heavy (non-hydrogen) atoms. The molecule has 4 heteroatoms. The Labute approximate surface area is 113 Å². The number of aryl methyl sites for hydroxylation is 1. The van der Waals surface area contributed by atoms with E-state index in [1.807, 2.05) is 18.4 Å². The Bertz CT molecular complexity index is 406. The van der Waals surface area contributed by atoms with Crippen LogP contribution in [0.2, 0.25) is 0 Å². The van der Waals surface area contributed by atoms with Crippen molar-refractivity contribution in [2.24, 2.45) is 0 Å². The van der Waals surface area contributed by atoms with E-state index in [0.717, 1.165) is 13.2 Å². The Morgan fingerprint density at radius 3 is 3.17 bits per heavy atom. The van der Waals surface area contributed by atoms with Gasteiger partial charge in [-0.15, -0.1) is 11.3 Å². The molecule has 3 unspecified atom stereocenters. The van der Waals surface area contributed by atoms with E-state index in [0.29, 0.717) is 12.1 Å². The van der Waals surface area contributed by atoms with Gasteiger partial charge in [0.05, 0.1) is 18.8 Å². The Morgan fingerprint density at radius 1 is 1.56 bits per heavy atom. The maximum absolute atomic E-state index is 6.12. The van der Waals surface area contributed by atoms with Crippen LogP contribution in [-0.4, -0.2) is 43.8 Å². The van der Waals surface area contributed by atoms with Gasteiger partial charge in [0.1, 0.15) is 0 Å². The standard InChI is InChI=1S/C14H22N2OS/c1-10-12(5-7-18-10)14(15-2)13-8-16-6-3-4-11(16)9-17-13/h5,7,11,13-15H,3-4,6,8-9H2,1-2H3. The minimum absolute atomic E-state index is 0.289. The summed E-state index contributed by atoms with van der Waals surface area (Å²) in [6.07, 6.45) is 2.94. The molecular formula is C14H22N2OS. The van der Waals surface area contributed by atoms with Crippen molar-refractivity contribution >= 4 is 11.3 Å². The van der Waals surface area contributed by atoms with Crippen molar-refractivity contribution in [3.05, 3.63) is 21.9 Å². The van der Waals surface area contributed by atoms with Gasteiger partial charge in [0, 0.05) is 17.5 Å². The third-order valence-electron chi connectivity index (χ3n) is 4.33. The maximum Gasteiger partial charge on any atom is 0.0897 e. The normalized spacial score (nSPS) is 30.3. The van der Waals surface area contributed by atoms with Gasteiger partial charge in [0.2, 0.25) is 0 Å². The third kappa shape index (κ3) is 2.23. The largest absolute Gasteiger partial charge is 0.373 e. The van der Waals surface area contributed by atoms with Gasteiger partial charge in [-0.05, 0) is 50.4 Å². The highest BCUT2D eigenvalue weighted by Crippen LogP contribution is 2.31. The molecule has 2 fully saturated rings. The second kappa shape index (κ2) is 5.29. The molecule has 1 N–H and O–H groups in total. The molecule has 0 aliphatic carbocycles. The first kappa shape index (κ1) is 12.6. The number of morpholine rings is 1. The lowest BCUT2D eigenvalue weighted by molar-refractivity contribution is -0.0642. The van der Waals surface area contributed by atoms with E-state index >= 15 is 0 Å². The van der Waals surface area contributed by atoms with Crippen molar-refractivity contribution in [3.63, 3.8) is 0 Å². The first-order valence-electron chi connectivity index (χ1n) is 6.86. The number of nitrogens with one attached hydrogen (secondary N) is 1. The van der Waals surface area contributed by atoms with E-state index in [-0.39, 0.29) is 6.10 Å². The molecule has 0 aromatic carbocycles. The third-order valence-corrected chi connectivity index (χ3v) is 5.19. The van der Waals surface area contributed by atoms with Crippen LogP contribution >= 0.6 is 11.3 Å². The van der Waals surface area contributed by atoms with Gasteiger partial charge in [0.25, 0.3) is 0 Å². The fourth-order valence-corrected chi connectivity index (χ4v) is 4.05. The number of thiophene rings is 1. The Kier molecular flexibility index (Phi) is 3.71. The molecule has 3 heterocycles. The minimum atomic E-state index is 0.289. The molecule has 0 spiro atoms. The highest BCUT2D eigenvalue weighted by atomic mass is 32.1. The smallest absolute Gasteiger partial charge is 0.0897 e. The minimum Gasteiger partial charge on any atom is -0.373 e. The molecule has 1 aromatic rings. The van der Waals surface area contributed by atoms with E-state index in [2.05, 4.69) is 28.6 Å². The van der Waals surface area contributed by atoms with Crippen molar-refractivity contribution in [1.29, 1.82) is 0 Å². The highest BCUT2D eigenvalue weighted by Gasteiger charge is 2.36. The van der Waals surface area contributed by atoms with Gasteiger partial charge in [-0.1, -0.05) is 0 Å². The summed E-state index contributed by atoms with van der Waals surface area (Å²) in [7, 11) is 2.04. The number of rotatable bonds is 3. The van der Waals surface area contributed by atoms with Crippen LogP contribution in [0.5, 0.6) is 0 Å². The summed E-state index contributed by atoms with van der Waals surface area (Å²) < 4.78 is 6.12. The van der Waals surface area contributed by atoms with Crippen molar-refractivity contribution < 1.29 is 4.74 Å².